The van der Waals surface area contributed by atoms with Crippen molar-refractivity contribution >= 4 is 17.3 Å². The van der Waals surface area contributed by atoms with Gasteiger partial charge >= 0.3 is 0 Å². The van der Waals surface area contributed by atoms with Gasteiger partial charge in [-0.15, -0.1) is 0 Å². The first-order valence-electron chi connectivity index (χ1n) is 7.55. The molecular formula is C16H25N3O. The second kappa shape index (κ2) is 7.17. The number of nitrogen functional groups attached to an aromatic ring is 2. The first kappa shape index (κ1) is 14.7. The van der Waals surface area contributed by atoms with Gasteiger partial charge in [-0.1, -0.05) is 38.2 Å². The van der Waals surface area contributed by atoms with E-state index in [-0.39, 0.29) is 5.91 Å². The third-order valence-corrected chi connectivity index (χ3v) is 4.15. The molecule has 0 atom stereocenters. The van der Waals surface area contributed by atoms with Gasteiger partial charge in [0.05, 0.1) is 11.4 Å². The molecule has 5 N–H and O–H groups in total. The minimum Gasteiger partial charge on any atom is -0.397 e. The van der Waals surface area contributed by atoms with Crippen LogP contribution in [0.3, 0.4) is 0 Å². The molecule has 0 unspecified atom stereocenters. The zero-order chi connectivity index (χ0) is 14.4. The highest BCUT2D eigenvalue weighted by Crippen LogP contribution is 2.27. The van der Waals surface area contributed by atoms with Crippen molar-refractivity contribution in [2.45, 2.75) is 51.5 Å². The Labute approximate surface area is 120 Å². The number of carbonyl (C=O) groups is 1. The molecule has 0 radical (unpaired) electrons. The van der Waals surface area contributed by atoms with Gasteiger partial charge in [-0.2, -0.15) is 0 Å². The Morgan fingerprint density at radius 1 is 1.15 bits per heavy atom. The van der Waals surface area contributed by atoms with Gasteiger partial charge in [0.2, 0.25) is 5.91 Å². The predicted molar refractivity (Wildman–Crippen MR) is 82.9 cm³/mol. The van der Waals surface area contributed by atoms with Gasteiger partial charge in [0, 0.05) is 13.0 Å². The Morgan fingerprint density at radius 2 is 1.90 bits per heavy atom. The maximum atomic E-state index is 11.8. The van der Waals surface area contributed by atoms with E-state index in [1.807, 2.05) is 12.1 Å². The Hall–Kier alpha value is -1.71. The lowest BCUT2D eigenvalue weighted by Crippen LogP contribution is -2.23. The Bertz CT molecular complexity index is 453. The van der Waals surface area contributed by atoms with Crippen molar-refractivity contribution in [3.05, 3.63) is 23.8 Å². The van der Waals surface area contributed by atoms with Gasteiger partial charge in [-0.05, 0) is 30.0 Å². The molecule has 1 aromatic rings. The fourth-order valence-electron chi connectivity index (χ4n) is 2.83. The van der Waals surface area contributed by atoms with Gasteiger partial charge in [0.1, 0.15) is 0 Å². The molecule has 0 aliphatic heterocycles. The van der Waals surface area contributed by atoms with Crippen LogP contribution in [0.15, 0.2) is 18.2 Å². The zero-order valence-corrected chi connectivity index (χ0v) is 12.0. The summed E-state index contributed by atoms with van der Waals surface area (Å²) in [4.78, 5) is 11.8. The molecule has 0 aromatic heterocycles. The number of amides is 1. The third kappa shape index (κ3) is 4.44. The normalized spacial score (nSPS) is 16.0. The summed E-state index contributed by atoms with van der Waals surface area (Å²) in [6.45, 7) is 0.522. The summed E-state index contributed by atoms with van der Waals surface area (Å²) in [7, 11) is 0. The molecule has 0 heterocycles. The number of nitrogens with one attached hydrogen (secondary N) is 1. The van der Waals surface area contributed by atoms with Crippen LogP contribution < -0.4 is 16.8 Å². The Morgan fingerprint density at radius 3 is 2.60 bits per heavy atom. The van der Waals surface area contributed by atoms with Crippen molar-refractivity contribution in [2.24, 2.45) is 5.92 Å². The Kier molecular flexibility index (Phi) is 5.27. The average Bonchev–Trinajstić information content (AvgIpc) is 2.47. The molecule has 1 saturated carbocycles. The molecule has 110 valence electrons. The number of hydrogen-bond donors (Lipinski definition) is 3. The molecule has 1 aromatic carbocycles. The summed E-state index contributed by atoms with van der Waals surface area (Å²) in [5.74, 6) is 0.882. The van der Waals surface area contributed by atoms with E-state index >= 15 is 0 Å². The van der Waals surface area contributed by atoms with Crippen LogP contribution in [0.2, 0.25) is 0 Å². The predicted octanol–water partition coefficient (Wildman–Crippen LogP) is 2.83. The van der Waals surface area contributed by atoms with Gasteiger partial charge in [0.25, 0.3) is 0 Å². The summed E-state index contributed by atoms with van der Waals surface area (Å²) in [5.41, 5.74) is 13.5. The topological polar surface area (TPSA) is 81.1 Å². The lowest BCUT2D eigenvalue weighted by molar-refractivity contribution is -0.121. The number of nitrogens with two attached hydrogens (primary N) is 2. The lowest BCUT2D eigenvalue weighted by atomic mass is 9.86. The van der Waals surface area contributed by atoms with E-state index < -0.39 is 0 Å². The molecular weight excluding hydrogens is 250 g/mol. The molecule has 1 fully saturated rings. The van der Waals surface area contributed by atoms with E-state index in [1.54, 1.807) is 6.07 Å². The lowest BCUT2D eigenvalue weighted by Gasteiger charge is -2.21. The van der Waals surface area contributed by atoms with Crippen molar-refractivity contribution in [3.63, 3.8) is 0 Å². The number of rotatable bonds is 5. The molecule has 1 amide bonds. The minimum absolute atomic E-state index is 0.131. The fourth-order valence-corrected chi connectivity index (χ4v) is 2.83. The second-order valence-electron chi connectivity index (χ2n) is 5.78. The third-order valence-electron chi connectivity index (χ3n) is 4.15. The molecule has 20 heavy (non-hydrogen) atoms. The van der Waals surface area contributed by atoms with Gasteiger partial charge in [-0.25, -0.2) is 0 Å². The number of anilines is 2. The Balaban J connectivity index is 1.70. The van der Waals surface area contributed by atoms with Crippen LogP contribution in [0, 0.1) is 5.92 Å². The van der Waals surface area contributed by atoms with Crippen molar-refractivity contribution < 1.29 is 4.79 Å². The maximum absolute atomic E-state index is 11.8. The van der Waals surface area contributed by atoms with E-state index in [2.05, 4.69) is 5.32 Å². The highest BCUT2D eigenvalue weighted by molar-refractivity contribution is 5.76. The summed E-state index contributed by atoms with van der Waals surface area (Å²) in [6.07, 6.45) is 8.27. The monoisotopic (exact) mass is 275 g/mol. The molecule has 0 saturated heterocycles. The fraction of sp³-hybridized carbons (Fsp3) is 0.562. The van der Waals surface area contributed by atoms with Crippen LogP contribution in [-0.2, 0) is 11.3 Å². The first-order chi connectivity index (χ1) is 9.65. The van der Waals surface area contributed by atoms with Gasteiger partial charge < -0.3 is 16.8 Å². The van der Waals surface area contributed by atoms with E-state index in [1.165, 1.54) is 32.1 Å². The second-order valence-corrected chi connectivity index (χ2v) is 5.78. The van der Waals surface area contributed by atoms with Crippen LogP contribution in [-0.4, -0.2) is 5.91 Å². The molecule has 1 aliphatic rings. The highest BCUT2D eigenvalue weighted by Gasteiger charge is 2.14. The van der Waals surface area contributed by atoms with Crippen molar-refractivity contribution in [2.75, 3.05) is 11.5 Å². The molecule has 0 bridgehead atoms. The van der Waals surface area contributed by atoms with Crippen LogP contribution in [0.1, 0.15) is 50.5 Å². The molecule has 1 aliphatic carbocycles. The quantitative estimate of drug-likeness (QED) is 0.723. The molecule has 4 nitrogen and oxygen atoms in total. The average molecular weight is 275 g/mol. The van der Waals surface area contributed by atoms with E-state index in [9.17, 15) is 4.79 Å². The molecule has 0 spiro atoms. The highest BCUT2D eigenvalue weighted by atomic mass is 16.1. The maximum Gasteiger partial charge on any atom is 0.220 e. The van der Waals surface area contributed by atoms with Crippen molar-refractivity contribution in [1.82, 2.24) is 5.32 Å². The van der Waals surface area contributed by atoms with E-state index in [4.69, 9.17) is 11.5 Å². The number of hydrogen-bond acceptors (Lipinski definition) is 3. The standard InChI is InChI=1S/C16H25N3O/c17-14-8-6-13(10-15(14)18)11-19-16(20)9-7-12-4-2-1-3-5-12/h6,8,10,12H,1-5,7,9,11,17-18H2,(H,19,20). The van der Waals surface area contributed by atoms with E-state index in [0.29, 0.717) is 24.3 Å². The SMILES string of the molecule is Nc1ccc(CNC(=O)CCC2CCCCC2)cc1N. The van der Waals surface area contributed by atoms with Crippen LogP contribution in [0.4, 0.5) is 11.4 Å². The minimum atomic E-state index is 0.131. The first-order valence-corrected chi connectivity index (χ1v) is 7.55. The van der Waals surface area contributed by atoms with Crippen LogP contribution in [0.5, 0.6) is 0 Å². The van der Waals surface area contributed by atoms with Crippen molar-refractivity contribution in [1.29, 1.82) is 0 Å². The van der Waals surface area contributed by atoms with Crippen LogP contribution in [0.25, 0.3) is 0 Å². The smallest absolute Gasteiger partial charge is 0.220 e. The summed E-state index contributed by atoms with van der Waals surface area (Å²) >= 11 is 0. The molecule has 2 rings (SSSR count). The van der Waals surface area contributed by atoms with Gasteiger partial charge in [-0.3, -0.25) is 4.79 Å². The van der Waals surface area contributed by atoms with E-state index in [0.717, 1.165) is 17.9 Å². The molecule has 4 heteroatoms. The summed E-state index contributed by atoms with van der Waals surface area (Å²) in [6, 6.07) is 5.49. The van der Waals surface area contributed by atoms with Crippen LogP contribution >= 0.6 is 0 Å². The van der Waals surface area contributed by atoms with Gasteiger partial charge in [0.15, 0.2) is 0 Å². The largest absolute Gasteiger partial charge is 0.397 e. The summed E-state index contributed by atoms with van der Waals surface area (Å²) < 4.78 is 0. The number of carbonyl (C=O) groups excluding carboxylic acids is 1. The zero-order valence-electron chi connectivity index (χ0n) is 12.0. The van der Waals surface area contributed by atoms with Crippen molar-refractivity contribution in [3.8, 4) is 0 Å². The summed E-state index contributed by atoms with van der Waals surface area (Å²) in [5, 5.41) is 2.95. The number of benzene rings is 1.